The van der Waals surface area contributed by atoms with E-state index in [1.54, 1.807) is 0 Å². The van der Waals surface area contributed by atoms with Gasteiger partial charge in [0.05, 0.1) is 6.10 Å². The molecule has 12 heavy (non-hydrogen) atoms. The van der Waals surface area contributed by atoms with E-state index in [4.69, 9.17) is 5.11 Å². The van der Waals surface area contributed by atoms with E-state index in [-0.39, 0.29) is 6.10 Å². The van der Waals surface area contributed by atoms with Crippen LogP contribution in [0, 0.1) is 5.92 Å². The molecule has 0 aromatic carbocycles. The van der Waals surface area contributed by atoms with Crippen molar-refractivity contribution in [1.82, 2.24) is 5.32 Å². The minimum atomic E-state index is -0.230. The van der Waals surface area contributed by atoms with Crippen molar-refractivity contribution in [2.45, 2.75) is 52.7 Å². The Hall–Kier alpha value is -0.0800. The molecule has 0 rings (SSSR count). The van der Waals surface area contributed by atoms with Crippen molar-refractivity contribution in [3.63, 3.8) is 0 Å². The average molecular weight is 173 g/mol. The van der Waals surface area contributed by atoms with Crippen LogP contribution in [0.4, 0.5) is 0 Å². The van der Waals surface area contributed by atoms with Crippen LogP contribution in [0.25, 0.3) is 0 Å². The van der Waals surface area contributed by atoms with Crippen molar-refractivity contribution < 1.29 is 5.11 Å². The zero-order valence-corrected chi connectivity index (χ0v) is 8.80. The monoisotopic (exact) mass is 173 g/mol. The van der Waals surface area contributed by atoms with Gasteiger partial charge in [0.15, 0.2) is 0 Å². The van der Waals surface area contributed by atoms with E-state index in [0.29, 0.717) is 12.6 Å². The molecule has 0 saturated heterocycles. The van der Waals surface area contributed by atoms with Gasteiger partial charge in [0, 0.05) is 12.6 Å². The Morgan fingerprint density at radius 3 is 2.08 bits per heavy atom. The number of rotatable bonds is 6. The van der Waals surface area contributed by atoms with Crippen molar-refractivity contribution in [3.05, 3.63) is 0 Å². The Morgan fingerprint density at radius 1 is 1.08 bits per heavy atom. The first kappa shape index (κ1) is 11.9. The summed E-state index contributed by atoms with van der Waals surface area (Å²) in [7, 11) is 0. The second kappa shape index (κ2) is 6.44. The molecule has 0 aromatic heterocycles. The topological polar surface area (TPSA) is 32.3 Å². The van der Waals surface area contributed by atoms with Crippen molar-refractivity contribution in [3.8, 4) is 0 Å². The molecule has 0 saturated carbocycles. The molecular formula is C10H23NO. The maximum Gasteiger partial charge on any atom is 0.0636 e. The van der Waals surface area contributed by atoms with Gasteiger partial charge >= 0.3 is 0 Å². The van der Waals surface area contributed by atoms with Crippen LogP contribution >= 0.6 is 0 Å². The number of aliphatic hydroxyl groups excluding tert-OH is 1. The van der Waals surface area contributed by atoms with Crippen molar-refractivity contribution in [1.29, 1.82) is 0 Å². The van der Waals surface area contributed by atoms with E-state index in [1.165, 1.54) is 12.8 Å². The SMILES string of the molecule is CC(C)CCC(C)NC[C@H](C)O. The summed E-state index contributed by atoms with van der Waals surface area (Å²) in [5.74, 6) is 0.779. The van der Waals surface area contributed by atoms with Crippen LogP contribution in [0.3, 0.4) is 0 Å². The van der Waals surface area contributed by atoms with Crippen LogP contribution in [-0.4, -0.2) is 23.8 Å². The Kier molecular flexibility index (Phi) is 6.39. The Labute approximate surface area is 76.4 Å². The normalized spacial score (nSPS) is 16.5. The molecule has 2 N–H and O–H groups in total. The smallest absolute Gasteiger partial charge is 0.0636 e. The average Bonchev–Trinajstić information content (AvgIpc) is 1.96. The molecular weight excluding hydrogens is 150 g/mol. The van der Waals surface area contributed by atoms with Gasteiger partial charge in [-0.25, -0.2) is 0 Å². The third-order valence-electron chi connectivity index (χ3n) is 1.94. The van der Waals surface area contributed by atoms with Gasteiger partial charge in [0.25, 0.3) is 0 Å². The summed E-state index contributed by atoms with van der Waals surface area (Å²) < 4.78 is 0. The fraction of sp³-hybridized carbons (Fsp3) is 1.00. The Bertz CT molecular complexity index is 90.0. The first-order chi connectivity index (χ1) is 5.52. The molecule has 0 aliphatic carbocycles. The molecule has 0 spiro atoms. The molecule has 0 radical (unpaired) electrons. The van der Waals surface area contributed by atoms with E-state index in [9.17, 15) is 0 Å². The van der Waals surface area contributed by atoms with Crippen LogP contribution in [0.15, 0.2) is 0 Å². The number of nitrogens with one attached hydrogen (secondary N) is 1. The van der Waals surface area contributed by atoms with Crippen LogP contribution in [0.1, 0.15) is 40.5 Å². The molecule has 0 aromatic rings. The second-order valence-corrected chi connectivity index (χ2v) is 4.13. The summed E-state index contributed by atoms with van der Waals surface area (Å²) in [5.41, 5.74) is 0. The van der Waals surface area contributed by atoms with Gasteiger partial charge in [-0.1, -0.05) is 13.8 Å². The summed E-state index contributed by atoms with van der Waals surface area (Å²) in [6, 6.07) is 0.530. The molecule has 2 heteroatoms. The third kappa shape index (κ3) is 8.02. The quantitative estimate of drug-likeness (QED) is 0.641. The summed E-state index contributed by atoms with van der Waals surface area (Å²) in [4.78, 5) is 0. The van der Waals surface area contributed by atoms with Gasteiger partial charge in [-0.15, -0.1) is 0 Å². The molecule has 0 amide bonds. The highest BCUT2D eigenvalue weighted by atomic mass is 16.3. The molecule has 1 unspecified atom stereocenters. The molecule has 74 valence electrons. The maximum atomic E-state index is 9.02. The lowest BCUT2D eigenvalue weighted by molar-refractivity contribution is 0.185. The van der Waals surface area contributed by atoms with E-state index >= 15 is 0 Å². The number of aliphatic hydroxyl groups is 1. The molecule has 0 aliphatic heterocycles. The lowest BCUT2D eigenvalue weighted by Gasteiger charge is -2.15. The van der Waals surface area contributed by atoms with Gasteiger partial charge < -0.3 is 10.4 Å². The fourth-order valence-electron chi connectivity index (χ4n) is 1.06. The standard InChI is InChI=1S/C10H23NO/c1-8(2)5-6-9(3)11-7-10(4)12/h8-12H,5-7H2,1-4H3/t9?,10-/m0/s1. The van der Waals surface area contributed by atoms with E-state index in [1.807, 2.05) is 6.92 Å². The van der Waals surface area contributed by atoms with Crippen molar-refractivity contribution in [2.75, 3.05) is 6.54 Å². The number of hydrogen-bond donors (Lipinski definition) is 2. The minimum absolute atomic E-state index is 0.230. The lowest BCUT2D eigenvalue weighted by Crippen LogP contribution is -2.32. The minimum Gasteiger partial charge on any atom is -0.392 e. The zero-order valence-electron chi connectivity index (χ0n) is 8.80. The number of hydrogen-bond acceptors (Lipinski definition) is 2. The van der Waals surface area contributed by atoms with Crippen LogP contribution < -0.4 is 5.32 Å². The predicted molar refractivity (Wildman–Crippen MR) is 53.2 cm³/mol. The van der Waals surface area contributed by atoms with E-state index < -0.39 is 0 Å². The van der Waals surface area contributed by atoms with E-state index in [0.717, 1.165) is 5.92 Å². The van der Waals surface area contributed by atoms with Crippen molar-refractivity contribution >= 4 is 0 Å². The zero-order chi connectivity index (χ0) is 9.56. The molecule has 0 bridgehead atoms. The summed E-state index contributed by atoms with van der Waals surface area (Å²) in [5, 5.41) is 12.3. The first-order valence-corrected chi connectivity index (χ1v) is 4.93. The van der Waals surface area contributed by atoms with Crippen LogP contribution in [0.5, 0.6) is 0 Å². The van der Waals surface area contributed by atoms with E-state index in [2.05, 4.69) is 26.1 Å². The molecule has 0 fully saturated rings. The van der Waals surface area contributed by atoms with Gasteiger partial charge in [0.1, 0.15) is 0 Å². The van der Waals surface area contributed by atoms with Crippen LogP contribution in [0.2, 0.25) is 0 Å². The Morgan fingerprint density at radius 2 is 1.67 bits per heavy atom. The van der Waals surface area contributed by atoms with Gasteiger partial charge in [-0.2, -0.15) is 0 Å². The lowest BCUT2D eigenvalue weighted by atomic mass is 10.0. The summed E-state index contributed by atoms with van der Waals surface area (Å²) >= 11 is 0. The van der Waals surface area contributed by atoms with Crippen molar-refractivity contribution in [2.24, 2.45) is 5.92 Å². The highest BCUT2D eigenvalue weighted by Gasteiger charge is 2.03. The molecule has 2 nitrogen and oxygen atoms in total. The summed E-state index contributed by atoms with van der Waals surface area (Å²) in [6.07, 6.45) is 2.23. The molecule has 0 heterocycles. The second-order valence-electron chi connectivity index (χ2n) is 4.13. The maximum absolute atomic E-state index is 9.02. The third-order valence-corrected chi connectivity index (χ3v) is 1.94. The largest absolute Gasteiger partial charge is 0.392 e. The molecule has 2 atom stereocenters. The predicted octanol–water partition coefficient (Wildman–Crippen LogP) is 1.78. The summed E-state index contributed by atoms with van der Waals surface area (Å²) in [6.45, 7) is 9.16. The Balaban J connectivity index is 3.27. The molecule has 0 aliphatic rings. The van der Waals surface area contributed by atoms with Gasteiger partial charge in [-0.3, -0.25) is 0 Å². The highest BCUT2D eigenvalue weighted by molar-refractivity contribution is 4.63. The van der Waals surface area contributed by atoms with Gasteiger partial charge in [0.2, 0.25) is 0 Å². The van der Waals surface area contributed by atoms with Gasteiger partial charge in [-0.05, 0) is 32.6 Å². The highest BCUT2D eigenvalue weighted by Crippen LogP contribution is 2.05. The fourth-order valence-corrected chi connectivity index (χ4v) is 1.06. The van der Waals surface area contributed by atoms with Crippen LogP contribution in [-0.2, 0) is 0 Å². The first-order valence-electron chi connectivity index (χ1n) is 4.93.